The lowest BCUT2D eigenvalue weighted by Gasteiger charge is -2.18. The van der Waals surface area contributed by atoms with Gasteiger partial charge in [0.05, 0.1) is 18.1 Å². The molecule has 0 saturated heterocycles. The SMILES string of the molecule is COC(=O)c1nc(OC(C)CCCC#CC(O)C(F)(F)F)c(C(F)(F)F)cc1[N+](=O)[O-]. The van der Waals surface area contributed by atoms with Crippen molar-refractivity contribution < 1.29 is 50.6 Å². The molecule has 31 heavy (non-hydrogen) atoms. The van der Waals surface area contributed by atoms with Gasteiger partial charge in [-0.15, -0.1) is 5.92 Å². The van der Waals surface area contributed by atoms with Crippen molar-refractivity contribution in [3.63, 3.8) is 0 Å². The molecule has 1 aromatic rings. The third-order valence-corrected chi connectivity index (χ3v) is 3.62. The molecule has 0 fully saturated rings. The largest absolute Gasteiger partial charge is 0.474 e. The number of aliphatic hydroxyl groups is 1. The van der Waals surface area contributed by atoms with Crippen LogP contribution in [-0.2, 0) is 10.9 Å². The van der Waals surface area contributed by atoms with E-state index in [1.165, 1.54) is 6.92 Å². The Labute approximate surface area is 171 Å². The van der Waals surface area contributed by atoms with Gasteiger partial charge < -0.3 is 14.6 Å². The van der Waals surface area contributed by atoms with Gasteiger partial charge >= 0.3 is 24.0 Å². The molecule has 0 amide bonds. The van der Waals surface area contributed by atoms with E-state index in [9.17, 15) is 41.3 Å². The normalized spacial score (nSPS) is 13.6. The molecule has 2 unspecified atom stereocenters. The van der Waals surface area contributed by atoms with E-state index in [0.29, 0.717) is 0 Å². The zero-order valence-corrected chi connectivity index (χ0v) is 16.0. The van der Waals surface area contributed by atoms with Crippen molar-refractivity contribution in [2.45, 2.75) is 50.7 Å². The maximum atomic E-state index is 13.3. The van der Waals surface area contributed by atoms with Crippen LogP contribution in [0.3, 0.4) is 0 Å². The smallest absolute Gasteiger partial charge is 0.425 e. The van der Waals surface area contributed by atoms with Crippen molar-refractivity contribution in [2.75, 3.05) is 7.11 Å². The molecule has 1 N–H and O–H groups in total. The van der Waals surface area contributed by atoms with E-state index >= 15 is 0 Å². The number of hydrogen-bond acceptors (Lipinski definition) is 7. The molecule has 0 aliphatic rings. The first-order valence-electron chi connectivity index (χ1n) is 8.43. The summed E-state index contributed by atoms with van der Waals surface area (Å²) in [5, 5.41) is 19.7. The maximum absolute atomic E-state index is 13.3. The highest BCUT2D eigenvalue weighted by Gasteiger charge is 2.40. The number of halogens is 6. The van der Waals surface area contributed by atoms with Crippen LogP contribution in [0.1, 0.15) is 42.2 Å². The van der Waals surface area contributed by atoms with Gasteiger partial charge in [0.15, 0.2) is 0 Å². The molecular weight excluding hydrogens is 442 g/mol. The lowest BCUT2D eigenvalue weighted by molar-refractivity contribution is -0.385. The minimum atomic E-state index is -5.10. The average Bonchev–Trinajstić information content (AvgIpc) is 2.64. The summed E-state index contributed by atoms with van der Waals surface area (Å²) >= 11 is 0. The summed E-state index contributed by atoms with van der Waals surface area (Å²) in [5.41, 5.74) is -3.81. The number of unbranched alkanes of at least 4 members (excludes halogenated alkanes) is 1. The van der Waals surface area contributed by atoms with Crippen molar-refractivity contribution in [1.82, 2.24) is 4.98 Å². The Kier molecular flexibility index (Phi) is 8.62. The molecule has 0 saturated carbocycles. The quantitative estimate of drug-likeness (QED) is 0.166. The molecule has 172 valence electrons. The van der Waals surface area contributed by atoms with E-state index in [-0.39, 0.29) is 25.3 Å². The summed E-state index contributed by atoms with van der Waals surface area (Å²) in [4.78, 5) is 24.8. The standard InChI is InChI=1S/C17H16F6N2O6/c1-9(6-4-3-5-7-12(26)17(21,22)23)31-14-10(16(18,19)20)8-11(25(28)29)13(24-14)15(27)30-2/h8-9,12,26H,3-4,6H2,1-2H3. The Morgan fingerprint density at radius 1 is 1.32 bits per heavy atom. The lowest BCUT2D eigenvalue weighted by atomic mass is 10.1. The number of hydrogen-bond donors (Lipinski definition) is 1. The number of carbonyl (C=O) groups is 1. The van der Waals surface area contributed by atoms with Crippen LogP contribution in [-0.4, -0.2) is 46.5 Å². The van der Waals surface area contributed by atoms with Crippen LogP contribution < -0.4 is 4.74 Å². The summed E-state index contributed by atoms with van der Waals surface area (Å²) in [6.07, 6.45) is -13.8. The molecule has 1 rings (SSSR count). The van der Waals surface area contributed by atoms with E-state index in [2.05, 4.69) is 15.6 Å². The second-order valence-corrected chi connectivity index (χ2v) is 6.04. The fourth-order valence-electron chi connectivity index (χ4n) is 2.14. The average molecular weight is 458 g/mol. The Hall–Kier alpha value is -3.08. The van der Waals surface area contributed by atoms with Gasteiger partial charge in [-0.1, -0.05) is 5.92 Å². The van der Waals surface area contributed by atoms with Crippen molar-refractivity contribution in [2.24, 2.45) is 0 Å². The minimum Gasteiger partial charge on any atom is -0.474 e. The third kappa shape index (κ3) is 7.59. The molecule has 0 bridgehead atoms. The second-order valence-electron chi connectivity index (χ2n) is 6.04. The first-order chi connectivity index (χ1) is 14.2. The Bertz CT molecular complexity index is 875. The number of ether oxygens (including phenoxy) is 2. The van der Waals surface area contributed by atoms with Crippen LogP contribution in [0.25, 0.3) is 0 Å². The number of aromatic nitrogens is 1. The van der Waals surface area contributed by atoms with Crippen LogP contribution in [0.15, 0.2) is 6.07 Å². The van der Waals surface area contributed by atoms with E-state index in [1.54, 1.807) is 5.92 Å². The monoisotopic (exact) mass is 458 g/mol. The van der Waals surface area contributed by atoms with Crippen molar-refractivity contribution >= 4 is 11.7 Å². The molecule has 14 heteroatoms. The van der Waals surface area contributed by atoms with Crippen molar-refractivity contribution in [1.29, 1.82) is 0 Å². The number of alkyl halides is 6. The van der Waals surface area contributed by atoms with Gasteiger partial charge in [0.1, 0.15) is 5.56 Å². The molecule has 2 atom stereocenters. The fraction of sp³-hybridized carbons (Fsp3) is 0.529. The topological polar surface area (TPSA) is 112 Å². The number of rotatable bonds is 7. The van der Waals surface area contributed by atoms with Gasteiger partial charge in [-0.05, 0) is 19.8 Å². The molecule has 8 nitrogen and oxygen atoms in total. The first kappa shape index (κ1) is 26.0. The number of nitrogens with zero attached hydrogens (tertiary/aromatic N) is 2. The van der Waals surface area contributed by atoms with E-state index in [4.69, 9.17) is 9.84 Å². The van der Waals surface area contributed by atoms with Gasteiger partial charge in [0, 0.05) is 12.5 Å². The van der Waals surface area contributed by atoms with E-state index in [1.807, 2.05) is 0 Å². The van der Waals surface area contributed by atoms with Crippen molar-refractivity contribution in [3.05, 3.63) is 27.4 Å². The highest BCUT2D eigenvalue weighted by molar-refractivity contribution is 5.92. The molecule has 0 aliphatic heterocycles. The molecule has 1 heterocycles. The number of pyridine rings is 1. The Morgan fingerprint density at radius 3 is 2.42 bits per heavy atom. The number of esters is 1. The van der Waals surface area contributed by atoms with Gasteiger partial charge in [0.2, 0.25) is 17.7 Å². The van der Waals surface area contributed by atoms with Crippen LogP contribution in [0.4, 0.5) is 32.0 Å². The Balaban J connectivity index is 3.01. The highest BCUT2D eigenvalue weighted by Crippen LogP contribution is 2.39. The number of carbonyl (C=O) groups excluding carboxylic acids is 1. The van der Waals surface area contributed by atoms with E-state index in [0.717, 1.165) is 7.11 Å². The van der Waals surface area contributed by atoms with Gasteiger partial charge in [-0.3, -0.25) is 10.1 Å². The predicted octanol–water partition coefficient (Wildman–Crippen LogP) is 3.66. The zero-order valence-electron chi connectivity index (χ0n) is 16.0. The summed E-state index contributed by atoms with van der Waals surface area (Å²) in [5.74, 6) is 1.23. The summed E-state index contributed by atoms with van der Waals surface area (Å²) < 4.78 is 85.6. The minimum absolute atomic E-state index is 0.0142. The van der Waals surface area contributed by atoms with Crippen molar-refractivity contribution in [3.8, 4) is 17.7 Å². The second kappa shape index (κ2) is 10.3. The van der Waals surface area contributed by atoms with Crippen LogP contribution >= 0.6 is 0 Å². The van der Waals surface area contributed by atoms with Crippen LogP contribution in [0.2, 0.25) is 0 Å². The number of aliphatic hydroxyl groups excluding tert-OH is 1. The molecule has 0 aliphatic carbocycles. The molecule has 1 aromatic heterocycles. The molecule has 0 spiro atoms. The predicted molar refractivity (Wildman–Crippen MR) is 91.0 cm³/mol. The van der Waals surface area contributed by atoms with E-state index < -0.39 is 58.3 Å². The van der Waals surface area contributed by atoms with Crippen LogP contribution in [0, 0.1) is 22.0 Å². The first-order valence-corrected chi connectivity index (χ1v) is 8.43. The molecular formula is C17H16F6N2O6. The fourth-order valence-corrected chi connectivity index (χ4v) is 2.14. The van der Waals surface area contributed by atoms with Gasteiger partial charge in [-0.25, -0.2) is 4.79 Å². The number of nitro groups is 1. The maximum Gasteiger partial charge on any atom is 0.425 e. The number of methoxy groups -OCH3 is 1. The molecule has 0 aromatic carbocycles. The van der Waals surface area contributed by atoms with Gasteiger partial charge in [-0.2, -0.15) is 31.3 Å². The summed E-state index contributed by atoms with van der Waals surface area (Å²) in [6.45, 7) is 1.32. The summed E-state index contributed by atoms with van der Waals surface area (Å²) in [6, 6.07) is 0.102. The zero-order chi connectivity index (χ0) is 24.0. The third-order valence-electron chi connectivity index (χ3n) is 3.62. The van der Waals surface area contributed by atoms with Crippen LogP contribution in [0.5, 0.6) is 5.88 Å². The summed E-state index contributed by atoms with van der Waals surface area (Å²) in [7, 11) is 0.853. The Morgan fingerprint density at radius 2 is 1.94 bits per heavy atom. The lowest BCUT2D eigenvalue weighted by Crippen LogP contribution is -2.26. The highest BCUT2D eigenvalue weighted by atomic mass is 19.4. The molecule has 0 radical (unpaired) electrons. The van der Waals surface area contributed by atoms with Gasteiger partial charge in [0.25, 0.3) is 0 Å².